The van der Waals surface area contributed by atoms with Crippen molar-refractivity contribution in [3.63, 3.8) is 0 Å². The molecule has 3 atom stereocenters. The molecule has 1 aliphatic carbocycles. The summed E-state index contributed by atoms with van der Waals surface area (Å²) in [6.07, 6.45) is 4.41. The van der Waals surface area contributed by atoms with Gasteiger partial charge in [0.1, 0.15) is 4.90 Å². The van der Waals surface area contributed by atoms with Crippen LogP contribution in [0.15, 0.2) is 117 Å². The molecule has 13 nitrogen and oxygen atoms in total. The number of hydrogen-bond donors (Lipinski definition) is 3. The van der Waals surface area contributed by atoms with Gasteiger partial charge in [-0.2, -0.15) is 13.2 Å². The number of sulfone groups is 1. The molecular formula is C53H68Cl2F3N7O6S3. The van der Waals surface area contributed by atoms with Crippen molar-refractivity contribution in [2.75, 3.05) is 108 Å². The average molecular weight is 1120 g/mol. The molecule has 404 valence electrons. The Balaban J connectivity index is 0.00000800. The smallest absolute Gasteiger partial charge is 0.380 e. The first kappa shape index (κ1) is 57.8. The summed E-state index contributed by atoms with van der Waals surface area (Å²) in [7, 11) is -10.9. The van der Waals surface area contributed by atoms with E-state index in [1.54, 1.807) is 12.1 Å². The van der Waals surface area contributed by atoms with Gasteiger partial charge in [0.15, 0.2) is 0 Å². The Bertz CT molecular complexity index is 2770. The first-order valence-corrected chi connectivity index (χ1v) is 29.4. The SMILES string of the molecule is C[C@H]1CN(C[C@]2(C)CCC(c3ccc(Cl)cc3)=C(CN3CCN(c4ccc(C(=O)NS(=O)(=O)c5ccc(NC(CCN6CCCOCC6)CSc6ccccc6)c(S(=O)(=O)C(F)(F)F)c5)cc4)CC3)C2)CCN1.Cl. The van der Waals surface area contributed by atoms with Crippen LogP contribution in [0.4, 0.5) is 24.5 Å². The van der Waals surface area contributed by atoms with Gasteiger partial charge < -0.3 is 25.2 Å². The lowest BCUT2D eigenvalue weighted by Crippen LogP contribution is -2.52. The number of sulfonamides is 1. The second kappa shape index (κ2) is 25.5. The van der Waals surface area contributed by atoms with E-state index in [1.807, 2.05) is 47.2 Å². The van der Waals surface area contributed by atoms with Gasteiger partial charge in [-0.15, -0.1) is 24.2 Å². The standard InChI is InChI=1S/C53H67ClF3N7O6S3.ClH/c1-39-35-63(25-22-58-39)38-52(2)21-19-48(40-9-13-43(54)14-10-40)42(34-52)36-62-26-28-64(29-27-62)45-15-11-41(12-16-45)51(65)60-73(68,69)47-17-18-49(50(33-47)72(66,67)53(55,56)57)59-44(37-71-46-7-4-3-5-8-46)20-24-61-23-6-31-70-32-30-61;/h3-5,7-18,33,39,44,58-59H,6,19-32,34-38H2,1-2H3,(H,60,65);1H/t39-,44?,52+;/m0./s1. The zero-order chi connectivity index (χ0) is 51.8. The molecule has 3 fully saturated rings. The van der Waals surface area contributed by atoms with E-state index in [1.165, 1.54) is 40.6 Å². The summed E-state index contributed by atoms with van der Waals surface area (Å²) in [5.41, 5.74) is -1.04. The summed E-state index contributed by atoms with van der Waals surface area (Å²) in [6, 6.07) is 26.5. The molecule has 3 heterocycles. The quantitative estimate of drug-likeness (QED) is 0.0818. The van der Waals surface area contributed by atoms with Crippen LogP contribution in [0.3, 0.4) is 0 Å². The second-order valence-electron chi connectivity index (χ2n) is 20.1. The van der Waals surface area contributed by atoms with Crippen molar-refractivity contribution in [2.24, 2.45) is 5.41 Å². The van der Waals surface area contributed by atoms with Crippen LogP contribution in [0.2, 0.25) is 5.02 Å². The Kier molecular flexibility index (Phi) is 19.9. The molecule has 21 heteroatoms. The van der Waals surface area contributed by atoms with E-state index in [0.29, 0.717) is 55.6 Å². The minimum atomic E-state index is -6.07. The highest BCUT2D eigenvalue weighted by molar-refractivity contribution is 7.99. The molecule has 0 aromatic heterocycles. The number of hydrogen-bond acceptors (Lipinski definition) is 13. The molecule has 0 radical (unpaired) electrons. The molecule has 0 spiro atoms. The average Bonchev–Trinajstić information content (AvgIpc) is 3.64. The van der Waals surface area contributed by atoms with Crippen molar-refractivity contribution in [2.45, 2.75) is 78.2 Å². The molecule has 0 bridgehead atoms. The largest absolute Gasteiger partial charge is 0.501 e. The summed E-state index contributed by atoms with van der Waals surface area (Å²) in [5, 5.41) is 7.30. The van der Waals surface area contributed by atoms with Gasteiger partial charge >= 0.3 is 5.51 Å². The van der Waals surface area contributed by atoms with Gasteiger partial charge in [0.05, 0.1) is 17.2 Å². The number of piperazine rings is 2. The Morgan fingerprint density at radius 3 is 2.32 bits per heavy atom. The fourth-order valence-electron chi connectivity index (χ4n) is 10.4. The van der Waals surface area contributed by atoms with Crippen molar-refractivity contribution < 1.29 is 39.5 Å². The van der Waals surface area contributed by atoms with E-state index in [2.05, 4.69) is 56.2 Å². The lowest BCUT2D eigenvalue weighted by atomic mass is 9.71. The molecule has 4 aromatic carbocycles. The zero-order valence-electron chi connectivity index (χ0n) is 41.9. The Hall–Kier alpha value is -3.89. The molecular weight excluding hydrogens is 1050 g/mol. The molecule has 0 saturated carbocycles. The van der Waals surface area contributed by atoms with E-state index in [4.69, 9.17) is 16.3 Å². The number of carbonyl (C=O) groups is 1. The number of ether oxygens (including phenoxy) is 1. The Morgan fingerprint density at radius 2 is 1.62 bits per heavy atom. The van der Waals surface area contributed by atoms with Crippen molar-refractivity contribution >= 4 is 78.5 Å². The molecule has 1 amide bonds. The number of nitrogens with one attached hydrogen (secondary N) is 3. The normalized spacial score (nSPS) is 21.4. The number of amides is 1. The maximum absolute atomic E-state index is 14.3. The third kappa shape index (κ3) is 15.2. The third-order valence-corrected chi connectivity index (χ3v) is 18.6. The lowest BCUT2D eigenvalue weighted by molar-refractivity contribution is -0.0435. The van der Waals surface area contributed by atoms with Gasteiger partial charge in [-0.1, -0.05) is 54.4 Å². The highest BCUT2D eigenvalue weighted by atomic mass is 35.5. The van der Waals surface area contributed by atoms with Crippen LogP contribution in [0.5, 0.6) is 0 Å². The lowest BCUT2D eigenvalue weighted by Gasteiger charge is -2.44. The number of thioether (sulfide) groups is 1. The molecule has 3 N–H and O–H groups in total. The number of rotatable bonds is 18. The Morgan fingerprint density at radius 1 is 0.892 bits per heavy atom. The van der Waals surface area contributed by atoms with E-state index >= 15 is 0 Å². The molecule has 4 aromatic rings. The first-order chi connectivity index (χ1) is 34.8. The fraction of sp³-hybridized carbons (Fsp3) is 0.491. The fourth-order valence-corrected chi connectivity index (χ4v) is 13.6. The number of carbonyl (C=O) groups excluding carboxylic acids is 1. The van der Waals surface area contributed by atoms with Crippen LogP contribution in [0, 0.1) is 5.41 Å². The van der Waals surface area contributed by atoms with Crippen LogP contribution in [0.1, 0.15) is 61.9 Å². The molecule has 3 saturated heterocycles. The predicted octanol–water partition coefficient (Wildman–Crippen LogP) is 8.92. The zero-order valence-corrected chi connectivity index (χ0v) is 45.9. The summed E-state index contributed by atoms with van der Waals surface area (Å²) in [6.45, 7) is 16.0. The molecule has 8 rings (SSSR count). The van der Waals surface area contributed by atoms with Gasteiger partial charge in [-0.05, 0) is 122 Å². The monoisotopic (exact) mass is 1120 g/mol. The van der Waals surface area contributed by atoms with Crippen molar-refractivity contribution in [3.05, 3.63) is 119 Å². The third-order valence-electron chi connectivity index (χ3n) is 14.3. The van der Waals surface area contributed by atoms with Crippen molar-refractivity contribution in [3.8, 4) is 0 Å². The van der Waals surface area contributed by atoms with Crippen molar-refractivity contribution in [1.29, 1.82) is 0 Å². The topological polar surface area (TPSA) is 144 Å². The maximum Gasteiger partial charge on any atom is 0.501 e. The Labute approximate surface area is 450 Å². The van der Waals surface area contributed by atoms with Gasteiger partial charge in [0, 0.05) is 124 Å². The van der Waals surface area contributed by atoms with Crippen LogP contribution in [0.25, 0.3) is 5.57 Å². The minimum absolute atomic E-state index is 0. The summed E-state index contributed by atoms with van der Waals surface area (Å²) in [5.74, 6) is -0.654. The van der Waals surface area contributed by atoms with E-state index in [0.717, 1.165) is 114 Å². The minimum Gasteiger partial charge on any atom is -0.380 e. The van der Waals surface area contributed by atoms with E-state index < -0.39 is 52.8 Å². The van der Waals surface area contributed by atoms with Gasteiger partial charge in [0.2, 0.25) is 0 Å². The molecule has 1 unspecified atom stereocenters. The second-order valence-corrected chi connectivity index (χ2v) is 25.2. The van der Waals surface area contributed by atoms with Gasteiger partial charge in [-0.25, -0.2) is 21.6 Å². The number of halogens is 5. The number of alkyl halides is 3. The van der Waals surface area contributed by atoms with E-state index in [9.17, 15) is 34.8 Å². The number of anilines is 2. The van der Waals surface area contributed by atoms with Gasteiger partial charge in [-0.3, -0.25) is 14.6 Å². The summed E-state index contributed by atoms with van der Waals surface area (Å²) in [4.78, 5) is 21.8. The molecule has 4 aliphatic rings. The van der Waals surface area contributed by atoms with Gasteiger partial charge in [0.25, 0.3) is 25.8 Å². The molecule has 3 aliphatic heterocycles. The van der Waals surface area contributed by atoms with Crippen LogP contribution < -0.4 is 20.3 Å². The van der Waals surface area contributed by atoms with Crippen LogP contribution in [-0.4, -0.2) is 153 Å². The highest BCUT2D eigenvalue weighted by Gasteiger charge is 2.48. The van der Waals surface area contributed by atoms with Crippen molar-refractivity contribution in [1.82, 2.24) is 24.7 Å². The highest BCUT2D eigenvalue weighted by Crippen LogP contribution is 2.44. The van der Waals surface area contributed by atoms with Crippen LogP contribution in [-0.2, 0) is 24.6 Å². The molecule has 74 heavy (non-hydrogen) atoms. The van der Waals surface area contributed by atoms with Crippen LogP contribution >= 0.6 is 35.8 Å². The first-order valence-electron chi connectivity index (χ1n) is 25.1. The number of nitrogens with zero attached hydrogens (tertiary/aromatic N) is 4. The predicted molar refractivity (Wildman–Crippen MR) is 292 cm³/mol. The van der Waals surface area contributed by atoms with E-state index in [-0.39, 0.29) is 23.4 Å². The maximum atomic E-state index is 14.3. The number of allylic oxidation sites excluding steroid dienone is 1. The number of benzene rings is 4. The summed E-state index contributed by atoms with van der Waals surface area (Å²) >= 11 is 7.76. The summed E-state index contributed by atoms with van der Waals surface area (Å²) < 4.78 is 104.